The third-order valence-electron chi connectivity index (χ3n) is 4.78. The average molecular weight is 356 g/mol. The topological polar surface area (TPSA) is 33.7 Å². The Morgan fingerprint density at radius 2 is 1.92 bits per heavy atom. The Hall–Kier alpha value is -1.89. The normalized spacial score (nSPS) is 23.1. The maximum atomic E-state index is 12.7. The molecule has 0 unspecified atom stereocenters. The second-order valence-electron chi connectivity index (χ2n) is 6.96. The van der Waals surface area contributed by atoms with Crippen molar-refractivity contribution in [1.29, 1.82) is 0 Å². The maximum absolute atomic E-state index is 12.7. The van der Waals surface area contributed by atoms with Crippen molar-refractivity contribution >= 4 is 0 Å². The van der Waals surface area contributed by atoms with E-state index in [1.807, 2.05) is 31.2 Å². The van der Waals surface area contributed by atoms with E-state index < -0.39 is 17.4 Å². The van der Waals surface area contributed by atoms with Gasteiger partial charge in [0.05, 0.1) is 0 Å². The minimum atomic E-state index is -4.40. The number of nitrogens with zero attached hydrogens (tertiary/aromatic N) is 1. The van der Waals surface area contributed by atoms with Crippen LogP contribution in [0.15, 0.2) is 36.5 Å². The zero-order chi connectivity index (χ0) is 18.1. The Kier molecular flexibility index (Phi) is 4.86. The van der Waals surface area contributed by atoms with Crippen LogP contribution in [0.25, 0.3) is 0 Å². The maximum Gasteiger partial charge on any atom is 0.430 e. The van der Waals surface area contributed by atoms with Gasteiger partial charge < -0.3 is 14.8 Å². The Labute approximate surface area is 145 Å². The summed E-state index contributed by atoms with van der Waals surface area (Å²) in [5.41, 5.74) is -1.45. The third-order valence-corrected chi connectivity index (χ3v) is 4.78. The first-order chi connectivity index (χ1) is 11.8. The first kappa shape index (κ1) is 17.9. The van der Waals surface area contributed by atoms with Gasteiger partial charge >= 0.3 is 6.18 Å². The van der Waals surface area contributed by atoms with Crippen LogP contribution < -0.4 is 14.8 Å². The van der Waals surface area contributed by atoms with Crippen LogP contribution in [-0.4, -0.2) is 49.0 Å². The highest BCUT2D eigenvalue weighted by Crippen LogP contribution is 2.32. The van der Waals surface area contributed by atoms with Crippen molar-refractivity contribution < 1.29 is 22.6 Å². The summed E-state index contributed by atoms with van der Waals surface area (Å²) in [5.74, 6) is 1.49. The molecule has 1 aromatic rings. The Morgan fingerprint density at radius 1 is 1.28 bits per heavy atom. The van der Waals surface area contributed by atoms with Gasteiger partial charge in [-0.05, 0) is 31.9 Å². The SMILES string of the molecule is C=C(NC1(C)CCN(C[C@H]2COc3ccccc3O2)CC1)C(F)(F)F. The summed E-state index contributed by atoms with van der Waals surface area (Å²) >= 11 is 0. The summed E-state index contributed by atoms with van der Waals surface area (Å²) in [6, 6.07) is 7.55. The number of para-hydroxylation sites is 2. The van der Waals surface area contributed by atoms with Crippen molar-refractivity contribution in [1.82, 2.24) is 10.2 Å². The monoisotopic (exact) mass is 356 g/mol. The largest absolute Gasteiger partial charge is 0.486 e. The molecule has 0 bridgehead atoms. The molecule has 0 spiro atoms. The number of ether oxygens (including phenoxy) is 2. The molecule has 0 aromatic heterocycles. The number of rotatable bonds is 4. The van der Waals surface area contributed by atoms with Gasteiger partial charge in [-0.15, -0.1) is 0 Å². The number of allylic oxidation sites excluding steroid dienone is 1. The van der Waals surface area contributed by atoms with Gasteiger partial charge in [0.25, 0.3) is 0 Å². The van der Waals surface area contributed by atoms with E-state index in [9.17, 15) is 13.2 Å². The standard InChI is InChI=1S/C18H23F3N2O2/c1-13(18(19,20)21)22-17(2)7-9-23(10-8-17)11-14-12-24-15-5-3-4-6-16(15)25-14/h3-6,14,22H,1,7-12H2,2H3/t14-/m0/s1. The van der Waals surface area contributed by atoms with Gasteiger partial charge in [0.1, 0.15) is 18.4 Å². The molecule has 2 aliphatic heterocycles. The molecule has 0 saturated carbocycles. The number of hydrogen-bond donors (Lipinski definition) is 1. The smallest absolute Gasteiger partial charge is 0.430 e. The number of halogens is 3. The second kappa shape index (κ2) is 6.78. The van der Waals surface area contributed by atoms with Crippen LogP contribution in [0.4, 0.5) is 13.2 Å². The number of alkyl halides is 3. The van der Waals surface area contributed by atoms with E-state index in [0.717, 1.165) is 11.5 Å². The quantitative estimate of drug-likeness (QED) is 0.897. The minimum absolute atomic E-state index is 0.0719. The number of benzene rings is 1. The molecule has 1 aromatic carbocycles. The van der Waals surface area contributed by atoms with Gasteiger partial charge in [0.2, 0.25) is 0 Å². The van der Waals surface area contributed by atoms with Crippen LogP contribution in [0.3, 0.4) is 0 Å². The molecule has 0 amide bonds. The Balaban J connectivity index is 1.49. The molecular formula is C18H23F3N2O2. The zero-order valence-electron chi connectivity index (χ0n) is 14.2. The van der Waals surface area contributed by atoms with E-state index in [1.165, 1.54) is 0 Å². The van der Waals surface area contributed by atoms with E-state index in [0.29, 0.717) is 39.1 Å². The lowest BCUT2D eigenvalue weighted by Crippen LogP contribution is -2.54. The highest BCUT2D eigenvalue weighted by Gasteiger charge is 2.38. The zero-order valence-corrected chi connectivity index (χ0v) is 14.2. The third kappa shape index (κ3) is 4.39. The summed E-state index contributed by atoms with van der Waals surface area (Å²) in [7, 11) is 0. The van der Waals surface area contributed by atoms with Gasteiger partial charge in [-0.1, -0.05) is 18.7 Å². The van der Waals surface area contributed by atoms with Crippen LogP contribution in [-0.2, 0) is 0 Å². The van der Waals surface area contributed by atoms with Crippen LogP contribution in [0.5, 0.6) is 11.5 Å². The molecule has 1 saturated heterocycles. The molecule has 1 atom stereocenters. The summed E-state index contributed by atoms with van der Waals surface area (Å²) in [6.07, 6.45) is -3.24. The van der Waals surface area contributed by atoms with Gasteiger partial charge in [-0.3, -0.25) is 4.90 Å². The van der Waals surface area contributed by atoms with Crippen molar-refractivity contribution in [3.8, 4) is 11.5 Å². The van der Waals surface area contributed by atoms with E-state index in [2.05, 4.69) is 16.8 Å². The molecule has 7 heteroatoms. The van der Waals surface area contributed by atoms with E-state index in [1.54, 1.807) is 0 Å². The van der Waals surface area contributed by atoms with Crippen LogP contribution >= 0.6 is 0 Å². The molecular weight excluding hydrogens is 333 g/mol. The number of likely N-dealkylation sites (tertiary alicyclic amines) is 1. The van der Waals surface area contributed by atoms with Crippen molar-refractivity contribution in [2.75, 3.05) is 26.2 Å². The molecule has 3 rings (SSSR count). The lowest BCUT2D eigenvalue weighted by Gasteiger charge is -2.42. The van der Waals surface area contributed by atoms with Crippen molar-refractivity contribution in [3.63, 3.8) is 0 Å². The fourth-order valence-corrected chi connectivity index (χ4v) is 3.23. The van der Waals surface area contributed by atoms with E-state index >= 15 is 0 Å². The molecule has 25 heavy (non-hydrogen) atoms. The van der Waals surface area contributed by atoms with E-state index in [-0.39, 0.29) is 6.10 Å². The molecule has 0 radical (unpaired) electrons. The predicted octanol–water partition coefficient (Wildman–Crippen LogP) is 3.35. The van der Waals surface area contributed by atoms with Crippen LogP contribution in [0.2, 0.25) is 0 Å². The molecule has 4 nitrogen and oxygen atoms in total. The minimum Gasteiger partial charge on any atom is -0.486 e. The van der Waals surface area contributed by atoms with Crippen molar-refractivity contribution in [2.45, 2.75) is 37.6 Å². The van der Waals surface area contributed by atoms with E-state index in [4.69, 9.17) is 9.47 Å². The fraction of sp³-hybridized carbons (Fsp3) is 0.556. The van der Waals surface area contributed by atoms with Crippen LogP contribution in [0, 0.1) is 0 Å². The molecule has 0 aliphatic carbocycles. The number of nitrogens with one attached hydrogen (secondary N) is 1. The summed E-state index contributed by atoms with van der Waals surface area (Å²) in [6.45, 7) is 7.52. The Bertz CT molecular complexity index is 625. The van der Waals surface area contributed by atoms with Crippen molar-refractivity contribution in [2.24, 2.45) is 0 Å². The molecule has 1 fully saturated rings. The molecule has 138 valence electrons. The first-order valence-corrected chi connectivity index (χ1v) is 8.40. The molecule has 1 N–H and O–H groups in total. The summed E-state index contributed by atoms with van der Waals surface area (Å²) < 4.78 is 49.7. The first-order valence-electron chi connectivity index (χ1n) is 8.40. The van der Waals surface area contributed by atoms with Gasteiger partial charge in [0, 0.05) is 25.2 Å². The van der Waals surface area contributed by atoms with Gasteiger partial charge in [-0.2, -0.15) is 13.2 Å². The highest BCUT2D eigenvalue weighted by atomic mass is 19.4. The number of hydrogen-bond acceptors (Lipinski definition) is 4. The number of piperidine rings is 1. The Morgan fingerprint density at radius 3 is 2.56 bits per heavy atom. The fourth-order valence-electron chi connectivity index (χ4n) is 3.23. The highest BCUT2D eigenvalue weighted by molar-refractivity contribution is 5.40. The molecule has 2 heterocycles. The lowest BCUT2D eigenvalue weighted by molar-refractivity contribution is -0.100. The summed E-state index contributed by atoms with van der Waals surface area (Å²) in [5, 5.41) is 2.57. The van der Waals surface area contributed by atoms with Crippen LogP contribution in [0.1, 0.15) is 19.8 Å². The molecule has 2 aliphatic rings. The van der Waals surface area contributed by atoms with Crippen molar-refractivity contribution in [3.05, 3.63) is 36.5 Å². The van der Waals surface area contributed by atoms with Gasteiger partial charge in [-0.25, -0.2) is 0 Å². The number of fused-ring (bicyclic) bond motifs is 1. The average Bonchev–Trinajstić information content (AvgIpc) is 2.56. The van der Waals surface area contributed by atoms with Gasteiger partial charge in [0.15, 0.2) is 11.5 Å². The lowest BCUT2D eigenvalue weighted by atomic mass is 9.89. The summed E-state index contributed by atoms with van der Waals surface area (Å²) in [4.78, 5) is 2.21. The predicted molar refractivity (Wildman–Crippen MR) is 88.8 cm³/mol. The second-order valence-corrected chi connectivity index (χ2v) is 6.96.